The molecule has 0 aliphatic carbocycles. The van der Waals surface area contributed by atoms with Crippen molar-refractivity contribution in [1.82, 2.24) is 9.88 Å². The van der Waals surface area contributed by atoms with Crippen LogP contribution in [-0.4, -0.2) is 28.2 Å². The maximum absolute atomic E-state index is 13.0. The van der Waals surface area contributed by atoms with E-state index in [2.05, 4.69) is 10.3 Å². The standard InChI is InChI=1S/C20H17ClF3N3O3S/c1-12-25-14(11-31-12)8-19(29)27(9-15-3-2-6-30-15)10-18(28)26-13-4-5-17(21)16(7-13)20(22,23)24/h2-7,11H,8-10H2,1H3,(H,26,28). The summed E-state index contributed by atoms with van der Waals surface area (Å²) in [5.41, 5.74) is -0.568. The number of nitrogens with one attached hydrogen (secondary N) is 1. The van der Waals surface area contributed by atoms with Crippen molar-refractivity contribution in [3.63, 3.8) is 0 Å². The summed E-state index contributed by atoms with van der Waals surface area (Å²) in [5.74, 6) is -0.574. The highest BCUT2D eigenvalue weighted by Crippen LogP contribution is 2.36. The quantitative estimate of drug-likeness (QED) is 0.530. The van der Waals surface area contributed by atoms with Crippen molar-refractivity contribution in [2.75, 3.05) is 11.9 Å². The average molecular weight is 472 g/mol. The van der Waals surface area contributed by atoms with Crippen molar-refractivity contribution in [2.45, 2.75) is 26.1 Å². The van der Waals surface area contributed by atoms with E-state index >= 15 is 0 Å². The van der Waals surface area contributed by atoms with Gasteiger partial charge in [0.1, 0.15) is 12.3 Å². The van der Waals surface area contributed by atoms with E-state index in [9.17, 15) is 22.8 Å². The van der Waals surface area contributed by atoms with E-state index in [1.807, 2.05) is 6.92 Å². The summed E-state index contributed by atoms with van der Waals surface area (Å²) in [4.78, 5) is 30.8. The second-order valence-electron chi connectivity index (χ2n) is 6.60. The molecule has 0 aliphatic rings. The first-order valence-corrected chi connectivity index (χ1v) is 10.3. The summed E-state index contributed by atoms with van der Waals surface area (Å²) in [7, 11) is 0. The Kier molecular flexibility index (Phi) is 7.01. The van der Waals surface area contributed by atoms with Crippen molar-refractivity contribution in [3.05, 3.63) is 69.0 Å². The third kappa shape index (κ3) is 6.31. The molecular weight excluding hydrogens is 455 g/mol. The molecule has 0 saturated heterocycles. The number of amides is 2. The van der Waals surface area contributed by atoms with E-state index in [0.29, 0.717) is 11.5 Å². The van der Waals surface area contributed by atoms with E-state index in [0.717, 1.165) is 17.1 Å². The van der Waals surface area contributed by atoms with Crippen LogP contribution < -0.4 is 5.32 Å². The number of anilines is 1. The molecule has 164 valence electrons. The molecule has 0 saturated carbocycles. The number of carbonyl (C=O) groups is 2. The first-order chi connectivity index (χ1) is 14.6. The number of thiazole rings is 1. The third-order valence-corrected chi connectivity index (χ3v) is 5.32. The molecule has 1 N–H and O–H groups in total. The molecule has 3 aromatic rings. The number of carbonyl (C=O) groups excluding carboxylic acids is 2. The zero-order chi connectivity index (χ0) is 22.6. The summed E-state index contributed by atoms with van der Waals surface area (Å²) in [5, 5.41) is 4.47. The molecular formula is C20H17ClF3N3O3S. The molecule has 3 rings (SSSR count). The number of alkyl halides is 3. The SMILES string of the molecule is Cc1nc(CC(=O)N(CC(=O)Nc2ccc(Cl)c(C(F)(F)F)c2)Cc2ccco2)cs1. The predicted molar refractivity (Wildman–Crippen MR) is 110 cm³/mol. The van der Waals surface area contributed by atoms with E-state index < -0.39 is 22.7 Å². The van der Waals surface area contributed by atoms with Crippen molar-refractivity contribution in [1.29, 1.82) is 0 Å². The number of rotatable bonds is 7. The van der Waals surface area contributed by atoms with Gasteiger partial charge in [0.15, 0.2) is 0 Å². The van der Waals surface area contributed by atoms with Crippen LogP contribution in [0.5, 0.6) is 0 Å². The fourth-order valence-corrected chi connectivity index (χ4v) is 3.61. The van der Waals surface area contributed by atoms with Gasteiger partial charge in [-0.3, -0.25) is 9.59 Å². The lowest BCUT2D eigenvalue weighted by Gasteiger charge is -2.21. The van der Waals surface area contributed by atoms with Gasteiger partial charge in [-0.05, 0) is 37.3 Å². The van der Waals surface area contributed by atoms with E-state index in [1.165, 1.54) is 28.6 Å². The summed E-state index contributed by atoms with van der Waals surface area (Å²) in [6, 6.07) is 6.35. The minimum atomic E-state index is -4.66. The Labute approximate surface area is 184 Å². The van der Waals surface area contributed by atoms with Gasteiger partial charge in [0.2, 0.25) is 11.8 Å². The predicted octanol–water partition coefficient (Wildman–Crippen LogP) is 4.93. The summed E-state index contributed by atoms with van der Waals surface area (Å²) >= 11 is 7.00. The van der Waals surface area contributed by atoms with Crippen molar-refractivity contribution in [3.8, 4) is 0 Å². The van der Waals surface area contributed by atoms with Gasteiger partial charge in [-0.15, -0.1) is 11.3 Å². The van der Waals surface area contributed by atoms with Gasteiger partial charge in [-0.1, -0.05) is 11.6 Å². The normalized spacial score (nSPS) is 11.4. The van der Waals surface area contributed by atoms with Gasteiger partial charge in [0.25, 0.3) is 0 Å². The minimum Gasteiger partial charge on any atom is -0.467 e. The summed E-state index contributed by atoms with van der Waals surface area (Å²) in [6.07, 6.45) is -3.24. The highest BCUT2D eigenvalue weighted by atomic mass is 35.5. The molecule has 2 aromatic heterocycles. The number of hydrogen-bond donors (Lipinski definition) is 1. The fraction of sp³-hybridized carbons (Fsp3) is 0.250. The van der Waals surface area contributed by atoms with Gasteiger partial charge in [0.05, 0.1) is 40.5 Å². The van der Waals surface area contributed by atoms with Crippen LogP contribution in [-0.2, 0) is 28.7 Å². The Morgan fingerprint density at radius 3 is 2.68 bits per heavy atom. The number of aryl methyl sites for hydroxylation is 1. The maximum atomic E-state index is 13.0. The molecule has 0 atom stereocenters. The molecule has 0 radical (unpaired) electrons. The molecule has 6 nitrogen and oxygen atoms in total. The Morgan fingerprint density at radius 2 is 2.06 bits per heavy atom. The lowest BCUT2D eigenvalue weighted by molar-refractivity contribution is -0.137. The highest BCUT2D eigenvalue weighted by molar-refractivity contribution is 7.09. The molecule has 31 heavy (non-hydrogen) atoms. The monoisotopic (exact) mass is 471 g/mol. The first kappa shape index (κ1) is 22.8. The summed E-state index contributed by atoms with van der Waals surface area (Å²) in [6.45, 7) is 1.46. The largest absolute Gasteiger partial charge is 0.467 e. The molecule has 11 heteroatoms. The van der Waals surface area contributed by atoms with Crippen molar-refractivity contribution < 1.29 is 27.2 Å². The highest BCUT2D eigenvalue weighted by Gasteiger charge is 2.33. The Bertz CT molecular complexity index is 1070. The van der Waals surface area contributed by atoms with Crippen LogP contribution in [0.25, 0.3) is 0 Å². The maximum Gasteiger partial charge on any atom is 0.417 e. The van der Waals surface area contributed by atoms with E-state index in [1.54, 1.807) is 17.5 Å². The lowest BCUT2D eigenvalue weighted by atomic mass is 10.2. The topological polar surface area (TPSA) is 75.4 Å². The molecule has 1 aromatic carbocycles. The van der Waals surface area contributed by atoms with Crippen LogP contribution in [0.4, 0.5) is 18.9 Å². The van der Waals surface area contributed by atoms with Gasteiger partial charge >= 0.3 is 6.18 Å². The number of halogens is 4. The van der Waals surface area contributed by atoms with Gasteiger partial charge in [-0.2, -0.15) is 13.2 Å². The zero-order valence-electron chi connectivity index (χ0n) is 16.2. The Morgan fingerprint density at radius 1 is 1.29 bits per heavy atom. The van der Waals surface area contributed by atoms with Gasteiger partial charge in [0, 0.05) is 11.1 Å². The van der Waals surface area contributed by atoms with Crippen LogP contribution in [0.1, 0.15) is 22.0 Å². The van der Waals surface area contributed by atoms with E-state index in [-0.39, 0.29) is 31.1 Å². The van der Waals surface area contributed by atoms with Crippen LogP contribution in [0.2, 0.25) is 5.02 Å². The molecule has 0 aliphatic heterocycles. The number of nitrogens with zero attached hydrogens (tertiary/aromatic N) is 2. The number of furan rings is 1. The van der Waals surface area contributed by atoms with Crippen molar-refractivity contribution >= 4 is 40.4 Å². The molecule has 0 spiro atoms. The molecule has 0 unspecified atom stereocenters. The molecule has 2 amide bonds. The number of benzene rings is 1. The molecule has 0 bridgehead atoms. The third-order valence-electron chi connectivity index (χ3n) is 4.17. The molecule has 2 heterocycles. The lowest BCUT2D eigenvalue weighted by Crippen LogP contribution is -2.38. The Hall–Kier alpha value is -2.85. The van der Waals surface area contributed by atoms with Crippen molar-refractivity contribution in [2.24, 2.45) is 0 Å². The molecule has 0 fully saturated rings. The second kappa shape index (κ2) is 9.52. The number of aromatic nitrogens is 1. The smallest absolute Gasteiger partial charge is 0.417 e. The number of hydrogen-bond acceptors (Lipinski definition) is 5. The first-order valence-electron chi connectivity index (χ1n) is 8.99. The average Bonchev–Trinajstić information content (AvgIpc) is 3.33. The summed E-state index contributed by atoms with van der Waals surface area (Å²) < 4.78 is 44.4. The van der Waals surface area contributed by atoms with E-state index in [4.69, 9.17) is 16.0 Å². The minimum absolute atomic E-state index is 0.0164. The van der Waals surface area contributed by atoms with Crippen LogP contribution in [0, 0.1) is 6.92 Å². The van der Waals surface area contributed by atoms with Gasteiger partial charge < -0.3 is 14.6 Å². The van der Waals surface area contributed by atoms with Crippen LogP contribution >= 0.6 is 22.9 Å². The van der Waals surface area contributed by atoms with Crippen LogP contribution in [0.3, 0.4) is 0 Å². The van der Waals surface area contributed by atoms with Gasteiger partial charge in [-0.25, -0.2) is 4.98 Å². The fourth-order valence-electron chi connectivity index (χ4n) is 2.77. The Balaban J connectivity index is 1.72. The van der Waals surface area contributed by atoms with Crippen LogP contribution in [0.15, 0.2) is 46.4 Å². The zero-order valence-corrected chi connectivity index (χ0v) is 17.8. The second-order valence-corrected chi connectivity index (χ2v) is 8.07.